The number of carboxylic acid groups (broad SMARTS) is 1. The van der Waals surface area contributed by atoms with Gasteiger partial charge in [-0.25, -0.2) is 9.50 Å². The van der Waals surface area contributed by atoms with Gasteiger partial charge in [0.2, 0.25) is 0 Å². The fourth-order valence-corrected chi connectivity index (χ4v) is 3.34. The molecule has 11 heteroatoms. The van der Waals surface area contributed by atoms with Gasteiger partial charge in [-0.15, -0.1) is 10.2 Å². The standard InChI is InChI=1S/C16H19N7O2.C2H4O2/c1-21-14(9-24)19-20-15(21)11-2-5-22(6-3-11)16(25)12-4-7-23-13(8-12)17-10-18-23;1-2(3)4/h4,7-8,10-11,24H,2-3,5-6,9H2,1H3;1H3,(H,3,4). The van der Waals surface area contributed by atoms with Crippen LogP contribution in [0.15, 0.2) is 24.7 Å². The lowest BCUT2D eigenvalue weighted by Crippen LogP contribution is -2.38. The van der Waals surface area contributed by atoms with Gasteiger partial charge in [0.05, 0.1) is 0 Å². The van der Waals surface area contributed by atoms with Gasteiger partial charge in [-0.05, 0) is 25.0 Å². The SMILES string of the molecule is CC(=O)O.Cn1c(CO)nnc1C1CCN(C(=O)c2ccn3ncnc3c2)CC1. The van der Waals surface area contributed by atoms with Crippen LogP contribution in [-0.4, -0.2) is 69.4 Å². The van der Waals surface area contributed by atoms with Crippen LogP contribution >= 0.6 is 0 Å². The third-order valence-corrected chi connectivity index (χ3v) is 4.82. The second-order valence-corrected chi connectivity index (χ2v) is 6.76. The minimum absolute atomic E-state index is 0.0120. The second kappa shape index (κ2) is 8.78. The summed E-state index contributed by atoms with van der Waals surface area (Å²) in [5.74, 6) is 0.870. The molecule has 3 aromatic heterocycles. The lowest BCUT2D eigenvalue weighted by Gasteiger charge is -2.31. The van der Waals surface area contributed by atoms with E-state index in [1.54, 1.807) is 22.8 Å². The Bertz CT molecular complexity index is 1000. The summed E-state index contributed by atoms with van der Waals surface area (Å²) in [4.78, 5) is 27.7. The van der Waals surface area contributed by atoms with E-state index >= 15 is 0 Å². The van der Waals surface area contributed by atoms with Crippen LogP contribution in [0.25, 0.3) is 5.65 Å². The number of hydrogen-bond donors (Lipinski definition) is 2. The maximum Gasteiger partial charge on any atom is 0.300 e. The topological polar surface area (TPSA) is 139 Å². The van der Waals surface area contributed by atoms with Crippen molar-refractivity contribution in [3.8, 4) is 0 Å². The van der Waals surface area contributed by atoms with Crippen molar-refractivity contribution in [1.82, 2.24) is 34.3 Å². The van der Waals surface area contributed by atoms with Crippen molar-refractivity contribution < 1.29 is 19.8 Å². The van der Waals surface area contributed by atoms with Crippen molar-refractivity contribution >= 4 is 17.5 Å². The van der Waals surface area contributed by atoms with E-state index in [2.05, 4.69) is 20.3 Å². The predicted octanol–water partition coefficient (Wildman–Crippen LogP) is 0.461. The molecule has 4 rings (SSSR count). The minimum atomic E-state index is -0.833. The average Bonchev–Trinajstić information content (AvgIpc) is 3.32. The maximum atomic E-state index is 12.7. The van der Waals surface area contributed by atoms with Crippen molar-refractivity contribution in [2.24, 2.45) is 7.05 Å². The Hall–Kier alpha value is -3.34. The molecule has 1 amide bonds. The fourth-order valence-electron chi connectivity index (χ4n) is 3.34. The van der Waals surface area contributed by atoms with Crippen molar-refractivity contribution in [1.29, 1.82) is 0 Å². The van der Waals surface area contributed by atoms with Crippen LogP contribution in [0.2, 0.25) is 0 Å². The Morgan fingerprint density at radius 3 is 2.55 bits per heavy atom. The molecule has 0 aliphatic carbocycles. The van der Waals surface area contributed by atoms with Gasteiger partial charge in [-0.1, -0.05) is 0 Å². The van der Waals surface area contributed by atoms with Crippen LogP contribution in [0.4, 0.5) is 0 Å². The lowest BCUT2D eigenvalue weighted by molar-refractivity contribution is -0.134. The molecule has 1 saturated heterocycles. The van der Waals surface area contributed by atoms with Crippen molar-refractivity contribution in [2.75, 3.05) is 13.1 Å². The Balaban J connectivity index is 0.000000552. The summed E-state index contributed by atoms with van der Waals surface area (Å²) >= 11 is 0. The van der Waals surface area contributed by atoms with Crippen LogP contribution in [0.1, 0.15) is 47.7 Å². The summed E-state index contributed by atoms with van der Waals surface area (Å²) in [6, 6.07) is 3.53. The Morgan fingerprint density at radius 2 is 1.93 bits per heavy atom. The molecular weight excluding hydrogens is 378 g/mol. The van der Waals surface area contributed by atoms with E-state index in [1.807, 2.05) is 16.5 Å². The number of carbonyl (C=O) groups excluding carboxylic acids is 1. The zero-order valence-corrected chi connectivity index (χ0v) is 16.3. The smallest absolute Gasteiger partial charge is 0.300 e. The molecule has 0 bridgehead atoms. The lowest BCUT2D eigenvalue weighted by atomic mass is 9.95. The highest BCUT2D eigenvalue weighted by Gasteiger charge is 2.28. The van der Waals surface area contributed by atoms with Gasteiger partial charge in [0.1, 0.15) is 18.8 Å². The summed E-state index contributed by atoms with van der Waals surface area (Å²) in [5.41, 5.74) is 1.29. The fraction of sp³-hybridized carbons (Fsp3) is 0.444. The first kappa shape index (κ1) is 20.4. The number of likely N-dealkylation sites (tertiary alicyclic amines) is 1. The summed E-state index contributed by atoms with van der Waals surface area (Å²) < 4.78 is 3.48. The predicted molar refractivity (Wildman–Crippen MR) is 101 cm³/mol. The molecule has 1 aliphatic heterocycles. The van der Waals surface area contributed by atoms with Crippen molar-refractivity contribution in [3.05, 3.63) is 41.9 Å². The van der Waals surface area contributed by atoms with Gasteiger partial charge < -0.3 is 19.7 Å². The van der Waals surface area contributed by atoms with Crippen LogP contribution < -0.4 is 0 Å². The van der Waals surface area contributed by atoms with E-state index in [0.29, 0.717) is 30.1 Å². The Kier molecular flexibility index (Phi) is 6.17. The molecule has 0 saturated carbocycles. The molecule has 2 N–H and O–H groups in total. The second-order valence-electron chi connectivity index (χ2n) is 6.76. The minimum Gasteiger partial charge on any atom is -0.481 e. The quantitative estimate of drug-likeness (QED) is 0.645. The third-order valence-electron chi connectivity index (χ3n) is 4.82. The highest BCUT2D eigenvalue weighted by Crippen LogP contribution is 2.27. The first-order valence-corrected chi connectivity index (χ1v) is 9.18. The summed E-state index contributed by atoms with van der Waals surface area (Å²) in [6.07, 6.45) is 4.88. The van der Waals surface area contributed by atoms with E-state index in [9.17, 15) is 9.90 Å². The molecule has 0 spiro atoms. The monoisotopic (exact) mass is 401 g/mol. The highest BCUT2D eigenvalue weighted by molar-refractivity contribution is 5.95. The van der Waals surface area contributed by atoms with Gasteiger partial charge in [0, 0.05) is 44.7 Å². The van der Waals surface area contributed by atoms with Crippen LogP contribution in [0.3, 0.4) is 0 Å². The highest BCUT2D eigenvalue weighted by atomic mass is 16.4. The molecule has 29 heavy (non-hydrogen) atoms. The van der Waals surface area contributed by atoms with E-state index in [-0.39, 0.29) is 18.4 Å². The van der Waals surface area contributed by atoms with E-state index in [1.165, 1.54) is 6.33 Å². The molecule has 4 heterocycles. The normalized spacial score (nSPS) is 14.5. The average molecular weight is 401 g/mol. The zero-order chi connectivity index (χ0) is 21.0. The van der Waals surface area contributed by atoms with Crippen LogP contribution in [0.5, 0.6) is 0 Å². The molecule has 1 aliphatic rings. The van der Waals surface area contributed by atoms with Gasteiger partial charge in [-0.3, -0.25) is 9.59 Å². The number of aromatic nitrogens is 6. The summed E-state index contributed by atoms with van der Waals surface area (Å²) in [5, 5.41) is 28.9. The molecule has 3 aromatic rings. The molecule has 0 unspecified atom stereocenters. The summed E-state index contributed by atoms with van der Waals surface area (Å²) in [7, 11) is 1.87. The van der Waals surface area contributed by atoms with Gasteiger partial charge >= 0.3 is 0 Å². The molecule has 0 radical (unpaired) electrons. The number of aliphatic carboxylic acids is 1. The van der Waals surface area contributed by atoms with Crippen LogP contribution in [-0.2, 0) is 18.4 Å². The Labute approximate surface area is 166 Å². The third kappa shape index (κ3) is 4.57. The largest absolute Gasteiger partial charge is 0.481 e. The zero-order valence-electron chi connectivity index (χ0n) is 16.3. The van der Waals surface area contributed by atoms with Crippen molar-refractivity contribution in [3.63, 3.8) is 0 Å². The molecule has 0 aromatic carbocycles. The number of hydrogen-bond acceptors (Lipinski definition) is 7. The van der Waals surface area contributed by atoms with Gasteiger partial charge in [0.15, 0.2) is 11.5 Å². The van der Waals surface area contributed by atoms with Gasteiger partial charge in [0.25, 0.3) is 11.9 Å². The van der Waals surface area contributed by atoms with E-state index in [0.717, 1.165) is 25.6 Å². The number of aliphatic hydroxyl groups is 1. The van der Waals surface area contributed by atoms with Gasteiger partial charge in [-0.2, -0.15) is 5.10 Å². The number of pyridine rings is 1. The van der Waals surface area contributed by atoms with Crippen LogP contribution in [0, 0.1) is 0 Å². The molecule has 11 nitrogen and oxygen atoms in total. The first-order chi connectivity index (χ1) is 13.9. The summed E-state index contributed by atoms with van der Waals surface area (Å²) in [6.45, 7) is 2.30. The number of piperidine rings is 1. The van der Waals surface area contributed by atoms with E-state index in [4.69, 9.17) is 9.90 Å². The number of carbonyl (C=O) groups is 2. The number of nitrogens with zero attached hydrogens (tertiary/aromatic N) is 7. The molecule has 1 fully saturated rings. The molecular formula is C18H23N7O4. The number of rotatable bonds is 3. The number of carboxylic acids is 1. The molecule has 154 valence electrons. The Morgan fingerprint density at radius 1 is 1.24 bits per heavy atom. The van der Waals surface area contributed by atoms with E-state index < -0.39 is 5.97 Å². The maximum absolute atomic E-state index is 12.7. The number of fused-ring (bicyclic) bond motifs is 1. The number of amides is 1. The first-order valence-electron chi connectivity index (χ1n) is 9.18. The van der Waals surface area contributed by atoms with Crippen molar-refractivity contribution in [2.45, 2.75) is 32.3 Å². The molecule has 0 atom stereocenters. The number of aliphatic hydroxyl groups excluding tert-OH is 1.